The molecule has 0 aromatic carbocycles. The summed E-state index contributed by atoms with van der Waals surface area (Å²) in [6.07, 6.45) is 7.14. The van der Waals surface area contributed by atoms with Gasteiger partial charge in [0.15, 0.2) is 0 Å². The molecule has 0 aliphatic carbocycles. The summed E-state index contributed by atoms with van der Waals surface area (Å²) in [4.78, 5) is 19.7. The van der Waals surface area contributed by atoms with Crippen molar-refractivity contribution in [3.8, 4) is 11.3 Å². The van der Waals surface area contributed by atoms with E-state index in [1.54, 1.807) is 24.8 Å². The van der Waals surface area contributed by atoms with Gasteiger partial charge >= 0.3 is 0 Å². The molecule has 0 radical (unpaired) electrons. The smallest absolute Gasteiger partial charge is 0.136 e. The van der Waals surface area contributed by atoms with Gasteiger partial charge in [0.1, 0.15) is 11.7 Å². The molecule has 0 saturated carbocycles. The quantitative estimate of drug-likeness (QED) is 0.746. The van der Waals surface area contributed by atoms with E-state index in [1.165, 1.54) is 0 Å². The predicted molar refractivity (Wildman–Crippen MR) is 90.5 cm³/mol. The number of aromatic nitrogens is 3. The Morgan fingerprint density at radius 1 is 0.783 bits per heavy atom. The van der Waals surface area contributed by atoms with E-state index >= 15 is 0 Å². The van der Waals surface area contributed by atoms with Crippen molar-refractivity contribution in [2.75, 3.05) is 18.0 Å². The van der Waals surface area contributed by atoms with Crippen LogP contribution in [0.4, 0.5) is 5.82 Å². The molecule has 3 aromatic heterocycles. The lowest BCUT2D eigenvalue weighted by Gasteiger charge is -2.20. The molecule has 0 unspecified atom stereocenters. The molecule has 23 heavy (non-hydrogen) atoms. The first-order valence-electron chi connectivity index (χ1n) is 7.52. The fourth-order valence-electron chi connectivity index (χ4n) is 2.68. The Balaban J connectivity index is 1.70. The summed E-state index contributed by atoms with van der Waals surface area (Å²) in [6.45, 7) is 1.61. The Bertz CT molecular complexity index is 830. The fraction of sp³-hybridized carbons (Fsp3) is 0.111. The Hall–Kier alpha value is -3.08. The van der Waals surface area contributed by atoms with E-state index in [-0.39, 0.29) is 0 Å². The number of hydrogen-bond donors (Lipinski definition) is 0. The molecule has 0 bridgehead atoms. The summed E-state index contributed by atoms with van der Waals surface area (Å²) in [5.41, 5.74) is 3.06. The number of amidine groups is 1. The van der Waals surface area contributed by atoms with E-state index in [4.69, 9.17) is 4.98 Å². The third-order valence-corrected chi connectivity index (χ3v) is 3.77. The van der Waals surface area contributed by atoms with Crippen LogP contribution < -0.4 is 4.90 Å². The van der Waals surface area contributed by atoms with Gasteiger partial charge in [-0.1, -0.05) is 6.07 Å². The van der Waals surface area contributed by atoms with Crippen molar-refractivity contribution < 1.29 is 0 Å². The third-order valence-electron chi connectivity index (χ3n) is 3.77. The second kappa shape index (κ2) is 5.96. The summed E-state index contributed by atoms with van der Waals surface area (Å²) in [5, 5.41) is 0. The van der Waals surface area contributed by atoms with E-state index < -0.39 is 0 Å². The van der Waals surface area contributed by atoms with Crippen LogP contribution in [0.1, 0.15) is 5.56 Å². The zero-order chi connectivity index (χ0) is 15.5. The van der Waals surface area contributed by atoms with Crippen molar-refractivity contribution in [2.24, 2.45) is 4.99 Å². The summed E-state index contributed by atoms with van der Waals surface area (Å²) in [6, 6.07) is 13.9. The lowest BCUT2D eigenvalue weighted by Crippen LogP contribution is -2.29. The van der Waals surface area contributed by atoms with Crippen LogP contribution >= 0.6 is 0 Å². The second-order valence-corrected chi connectivity index (χ2v) is 5.21. The minimum atomic E-state index is 0.777. The van der Waals surface area contributed by atoms with Gasteiger partial charge in [-0.2, -0.15) is 0 Å². The molecule has 0 spiro atoms. The molecule has 4 heterocycles. The van der Waals surface area contributed by atoms with Crippen LogP contribution in [-0.4, -0.2) is 33.9 Å². The van der Waals surface area contributed by atoms with E-state index in [2.05, 4.69) is 19.9 Å². The molecule has 0 atom stereocenters. The van der Waals surface area contributed by atoms with Crippen molar-refractivity contribution in [1.82, 2.24) is 15.0 Å². The monoisotopic (exact) mass is 301 g/mol. The van der Waals surface area contributed by atoms with Crippen molar-refractivity contribution in [3.05, 3.63) is 72.8 Å². The molecule has 3 aromatic rings. The molecule has 0 saturated heterocycles. The van der Waals surface area contributed by atoms with Gasteiger partial charge < -0.3 is 4.90 Å². The summed E-state index contributed by atoms with van der Waals surface area (Å²) >= 11 is 0. The molecular formula is C18H15N5. The summed E-state index contributed by atoms with van der Waals surface area (Å²) in [5.74, 6) is 1.86. The Morgan fingerprint density at radius 2 is 1.48 bits per heavy atom. The minimum absolute atomic E-state index is 0.777. The fourth-order valence-corrected chi connectivity index (χ4v) is 2.68. The highest BCUT2D eigenvalue weighted by molar-refractivity contribution is 6.10. The van der Waals surface area contributed by atoms with E-state index in [9.17, 15) is 0 Å². The molecule has 4 rings (SSSR count). The second-order valence-electron chi connectivity index (χ2n) is 5.21. The molecule has 1 aliphatic heterocycles. The molecule has 0 fully saturated rings. The van der Waals surface area contributed by atoms with Crippen LogP contribution in [0.2, 0.25) is 0 Å². The van der Waals surface area contributed by atoms with Gasteiger partial charge in [0.2, 0.25) is 0 Å². The summed E-state index contributed by atoms with van der Waals surface area (Å²) < 4.78 is 0. The molecule has 0 N–H and O–H groups in total. The van der Waals surface area contributed by atoms with Gasteiger partial charge in [0, 0.05) is 42.5 Å². The lowest BCUT2D eigenvalue weighted by molar-refractivity contribution is 1.000. The molecular weight excluding hydrogens is 286 g/mol. The molecule has 0 amide bonds. The zero-order valence-corrected chi connectivity index (χ0v) is 12.5. The Labute approximate surface area is 134 Å². The van der Waals surface area contributed by atoms with Crippen LogP contribution in [0, 0.1) is 0 Å². The largest absolute Gasteiger partial charge is 0.309 e. The van der Waals surface area contributed by atoms with Gasteiger partial charge in [0.05, 0.1) is 12.2 Å². The van der Waals surface area contributed by atoms with Crippen LogP contribution in [0.5, 0.6) is 0 Å². The lowest BCUT2D eigenvalue weighted by atomic mass is 10.2. The molecule has 5 heteroatoms. The maximum atomic E-state index is 4.80. The summed E-state index contributed by atoms with van der Waals surface area (Å²) in [7, 11) is 0. The average molecular weight is 301 g/mol. The maximum absolute atomic E-state index is 4.80. The van der Waals surface area contributed by atoms with E-state index in [0.29, 0.717) is 0 Å². The predicted octanol–water partition coefficient (Wildman–Crippen LogP) is 2.81. The normalized spacial score (nSPS) is 13.9. The first kappa shape index (κ1) is 13.6. The van der Waals surface area contributed by atoms with Crippen LogP contribution in [0.25, 0.3) is 11.3 Å². The number of aliphatic imine (C=N–C) groups is 1. The maximum Gasteiger partial charge on any atom is 0.136 e. The molecule has 5 nitrogen and oxygen atoms in total. The SMILES string of the molecule is c1cc(-c2ccncc2)nc(N2CCN=C2c2ccncc2)c1. The average Bonchev–Trinajstić information content (AvgIpc) is 3.13. The van der Waals surface area contributed by atoms with Crippen LogP contribution in [-0.2, 0) is 0 Å². The molecule has 1 aliphatic rings. The number of nitrogens with zero attached hydrogens (tertiary/aromatic N) is 5. The van der Waals surface area contributed by atoms with Crippen molar-refractivity contribution >= 4 is 11.7 Å². The van der Waals surface area contributed by atoms with Crippen LogP contribution in [0.15, 0.2) is 72.2 Å². The number of hydrogen-bond acceptors (Lipinski definition) is 5. The Kier molecular flexibility index (Phi) is 3.52. The van der Waals surface area contributed by atoms with Gasteiger partial charge in [-0.05, 0) is 36.4 Å². The van der Waals surface area contributed by atoms with Gasteiger partial charge in [-0.3, -0.25) is 15.0 Å². The van der Waals surface area contributed by atoms with Gasteiger partial charge in [-0.25, -0.2) is 4.98 Å². The van der Waals surface area contributed by atoms with Crippen molar-refractivity contribution in [3.63, 3.8) is 0 Å². The zero-order valence-electron chi connectivity index (χ0n) is 12.5. The van der Waals surface area contributed by atoms with E-state index in [0.717, 1.165) is 41.6 Å². The Morgan fingerprint density at radius 3 is 2.22 bits per heavy atom. The topological polar surface area (TPSA) is 54.3 Å². The van der Waals surface area contributed by atoms with Crippen molar-refractivity contribution in [1.29, 1.82) is 0 Å². The first-order chi connectivity index (χ1) is 11.4. The first-order valence-corrected chi connectivity index (χ1v) is 7.52. The van der Waals surface area contributed by atoms with Crippen LogP contribution in [0.3, 0.4) is 0 Å². The third kappa shape index (κ3) is 2.68. The highest BCUT2D eigenvalue weighted by Gasteiger charge is 2.21. The van der Waals surface area contributed by atoms with Gasteiger partial charge in [0.25, 0.3) is 0 Å². The standard InChI is InChI=1S/C18H15N5/c1-2-16(14-4-8-19-9-5-14)22-17(3-1)23-13-12-21-18(23)15-6-10-20-11-7-15/h1-11H,12-13H2. The van der Waals surface area contributed by atoms with Gasteiger partial charge in [-0.15, -0.1) is 0 Å². The number of rotatable bonds is 3. The highest BCUT2D eigenvalue weighted by atomic mass is 15.3. The van der Waals surface area contributed by atoms with Crippen molar-refractivity contribution in [2.45, 2.75) is 0 Å². The highest BCUT2D eigenvalue weighted by Crippen LogP contribution is 2.23. The molecule has 112 valence electrons. The number of anilines is 1. The number of pyridine rings is 3. The van der Waals surface area contributed by atoms with E-state index in [1.807, 2.05) is 42.5 Å². The minimum Gasteiger partial charge on any atom is -0.309 e.